The first-order valence-electron chi connectivity index (χ1n) is 6.55. The van der Waals surface area contributed by atoms with Gasteiger partial charge in [-0.2, -0.15) is 0 Å². The summed E-state index contributed by atoms with van der Waals surface area (Å²) >= 11 is 0. The van der Waals surface area contributed by atoms with Crippen molar-refractivity contribution >= 4 is 5.97 Å². The molecule has 0 aliphatic heterocycles. The van der Waals surface area contributed by atoms with Crippen LogP contribution < -0.4 is 10.5 Å². The fourth-order valence-corrected chi connectivity index (χ4v) is 1.64. The summed E-state index contributed by atoms with van der Waals surface area (Å²) < 4.78 is 5.23. The summed E-state index contributed by atoms with van der Waals surface area (Å²) in [5.41, 5.74) is 13.2. The quantitative estimate of drug-likeness (QED) is 0.349. The van der Waals surface area contributed by atoms with Gasteiger partial charge in [-0.25, -0.2) is 10.3 Å². The van der Waals surface area contributed by atoms with Crippen molar-refractivity contribution in [3.8, 4) is 17.6 Å². The van der Waals surface area contributed by atoms with Crippen molar-refractivity contribution in [2.75, 3.05) is 0 Å². The summed E-state index contributed by atoms with van der Waals surface area (Å²) in [5.74, 6) is 4.38. The molecule has 0 spiro atoms. The second-order valence-electron chi connectivity index (χ2n) is 4.38. The van der Waals surface area contributed by atoms with Crippen LogP contribution in [0.15, 0.2) is 71.3 Å². The lowest BCUT2D eigenvalue weighted by Crippen LogP contribution is -2.15. The van der Waals surface area contributed by atoms with E-state index in [1.165, 1.54) is 0 Å². The molecule has 0 unspecified atom stereocenters. The molecular formula is C17H13N3O3. The average Bonchev–Trinajstić information content (AvgIpc) is 2.58. The van der Waals surface area contributed by atoms with E-state index in [0.717, 1.165) is 5.56 Å². The SMILES string of the molecule is N=N/C(Oc1cccc(C#Cc2ccccc2)c1)=C(\N)C(=O)O. The van der Waals surface area contributed by atoms with Crippen LogP contribution in [0.2, 0.25) is 0 Å². The Kier molecular flexibility index (Phi) is 5.10. The third-order valence-electron chi connectivity index (χ3n) is 2.74. The van der Waals surface area contributed by atoms with Crippen molar-refractivity contribution in [1.82, 2.24) is 0 Å². The van der Waals surface area contributed by atoms with Gasteiger partial charge in [0, 0.05) is 11.1 Å². The molecule has 0 atom stereocenters. The van der Waals surface area contributed by atoms with Gasteiger partial charge >= 0.3 is 5.97 Å². The van der Waals surface area contributed by atoms with Gasteiger partial charge in [-0.3, -0.25) is 0 Å². The Balaban J connectivity index is 2.24. The number of nitrogens with one attached hydrogen (secondary N) is 1. The molecule has 0 aliphatic rings. The second-order valence-corrected chi connectivity index (χ2v) is 4.38. The van der Waals surface area contributed by atoms with E-state index in [1.54, 1.807) is 24.3 Å². The maximum atomic E-state index is 10.8. The van der Waals surface area contributed by atoms with Gasteiger partial charge in [0.25, 0.3) is 5.88 Å². The number of carbonyl (C=O) groups is 1. The third kappa shape index (κ3) is 4.44. The summed E-state index contributed by atoms with van der Waals surface area (Å²) in [6.45, 7) is 0. The fraction of sp³-hybridized carbons (Fsp3) is 0. The molecule has 23 heavy (non-hydrogen) atoms. The molecule has 0 bridgehead atoms. The van der Waals surface area contributed by atoms with Crippen LogP contribution in [0, 0.1) is 17.4 Å². The molecule has 6 nitrogen and oxygen atoms in total. The van der Waals surface area contributed by atoms with Gasteiger partial charge in [-0.05, 0) is 30.3 Å². The van der Waals surface area contributed by atoms with Crippen molar-refractivity contribution in [3.05, 3.63) is 77.3 Å². The Bertz CT molecular complexity index is 818. The highest BCUT2D eigenvalue weighted by molar-refractivity contribution is 5.85. The molecule has 0 amide bonds. The van der Waals surface area contributed by atoms with Crippen LogP contribution in [0.3, 0.4) is 0 Å². The molecule has 0 radical (unpaired) electrons. The molecule has 4 N–H and O–H groups in total. The number of nitrogens with zero attached hydrogens (tertiary/aromatic N) is 1. The number of ether oxygens (including phenoxy) is 1. The van der Waals surface area contributed by atoms with Crippen molar-refractivity contribution in [2.45, 2.75) is 0 Å². The lowest BCUT2D eigenvalue weighted by Gasteiger charge is -2.06. The van der Waals surface area contributed by atoms with E-state index in [2.05, 4.69) is 17.0 Å². The first-order valence-corrected chi connectivity index (χ1v) is 6.55. The molecule has 114 valence electrons. The first-order chi connectivity index (χ1) is 11.1. The van der Waals surface area contributed by atoms with E-state index in [0.29, 0.717) is 11.3 Å². The van der Waals surface area contributed by atoms with E-state index in [1.807, 2.05) is 30.3 Å². The van der Waals surface area contributed by atoms with Crippen LogP contribution >= 0.6 is 0 Å². The lowest BCUT2D eigenvalue weighted by atomic mass is 10.2. The minimum Gasteiger partial charge on any atom is -0.476 e. The fourth-order valence-electron chi connectivity index (χ4n) is 1.64. The van der Waals surface area contributed by atoms with Crippen LogP contribution in [-0.2, 0) is 4.79 Å². The van der Waals surface area contributed by atoms with Gasteiger partial charge in [0.15, 0.2) is 5.70 Å². The van der Waals surface area contributed by atoms with Gasteiger partial charge in [-0.15, -0.1) is 5.11 Å². The molecule has 0 fully saturated rings. The van der Waals surface area contributed by atoms with Gasteiger partial charge < -0.3 is 15.6 Å². The predicted octanol–water partition coefficient (Wildman–Crippen LogP) is 2.71. The molecule has 0 saturated heterocycles. The molecule has 2 aromatic carbocycles. The minimum atomic E-state index is -1.41. The van der Waals surface area contributed by atoms with Crippen LogP contribution in [-0.4, -0.2) is 11.1 Å². The molecule has 2 aromatic rings. The van der Waals surface area contributed by atoms with Crippen molar-refractivity contribution in [2.24, 2.45) is 10.8 Å². The van der Waals surface area contributed by atoms with E-state index in [-0.39, 0.29) is 0 Å². The lowest BCUT2D eigenvalue weighted by molar-refractivity contribution is -0.132. The highest BCUT2D eigenvalue weighted by Gasteiger charge is 2.12. The largest absolute Gasteiger partial charge is 0.476 e. The van der Waals surface area contributed by atoms with E-state index in [9.17, 15) is 4.79 Å². The number of carboxylic acids is 1. The zero-order valence-corrected chi connectivity index (χ0v) is 12.0. The zero-order chi connectivity index (χ0) is 16.7. The summed E-state index contributed by atoms with van der Waals surface area (Å²) in [6, 6.07) is 16.2. The second kappa shape index (κ2) is 7.43. The third-order valence-corrected chi connectivity index (χ3v) is 2.74. The van der Waals surface area contributed by atoms with E-state index >= 15 is 0 Å². The van der Waals surface area contributed by atoms with Crippen molar-refractivity contribution in [3.63, 3.8) is 0 Å². The highest BCUT2D eigenvalue weighted by Crippen LogP contribution is 2.17. The molecular weight excluding hydrogens is 294 g/mol. The Labute approximate surface area is 132 Å². The maximum absolute atomic E-state index is 10.8. The Morgan fingerprint density at radius 1 is 1.09 bits per heavy atom. The average molecular weight is 307 g/mol. The monoisotopic (exact) mass is 307 g/mol. The van der Waals surface area contributed by atoms with Gasteiger partial charge in [0.05, 0.1) is 0 Å². The molecule has 0 heterocycles. The van der Waals surface area contributed by atoms with Gasteiger partial charge in [0.2, 0.25) is 0 Å². The number of hydrogen-bond acceptors (Lipinski definition) is 5. The number of carboxylic acid groups (broad SMARTS) is 1. The Morgan fingerprint density at radius 2 is 1.74 bits per heavy atom. The maximum Gasteiger partial charge on any atom is 0.357 e. The summed E-state index contributed by atoms with van der Waals surface area (Å²) in [5, 5.41) is 11.8. The highest BCUT2D eigenvalue weighted by atomic mass is 16.5. The van der Waals surface area contributed by atoms with E-state index < -0.39 is 17.5 Å². The summed E-state index contributed by atoms with van der Waals surface area (Å²) in [4.78, 5) is 10.8. The minimum absolute atomic E-state index is 0.292. The predicted molar refractivity (Wildman–Crippen MR) is 83.5 cm³/mol. The van der Waals surface area contributed by atoms with Crippen LogP contribution in [0.1, 0.15) is 11.1 Å². The van der Waals surface area contributed by atoms with Gasteiger partial charge in [0.1, 0.15) is 5.75 Å². The van der Waals surface area contributed by atoms with Crippen LogP contribution in [0.5, 0.6) is 5.75 Å². The smallest absolute Gasteiger partial charge is 0.357 e. The van der Waals surface area contributed by atoms with Crippen molar-refractivity contribution in [1.29, 1.82) is 5.53 Å². The zero-order valence-electron chi connectivity index (χ0n) is 12.0. The van der Waals surface area contributed by atoms with Crippen molar-refractivity contribution < 1.29 is 14.6 Å². The molecule has 2 rings (SSSR count). The first kappa shape index (κ1) is 15.8. The molecule has 6 heteroatoms. The number of aliphatic carboxylic acids is 1. The Morgan fingerprint density at radius 3 is 2.39 bits per heavy atom. The standard InChI is InChI=1S/C17H13N3O3/c18-15(17(21)22)16(20-19)23-14-8-4-7-13(11-14)10-9-12-5-2-1-3-6-12/h1-8,11,19H,18H2,(H,21,22)/b16-15+,20-19?. The normalized spacial score (nSPS) is 10.8. The van der Waals surface area contributed by atoms with E-state index in [4.69, 9.17) is 21.1 Å². The number of benzene rings is 2. The van der Waals surface area contributed by atoms with Gasteiger partial charge in [-0.1, -0.05) is 36.1 Å². The summed E-state index contributed by atoms with van der Waals surface area (Å²) in [7, 11) is 0. The molecule has 0 saturated carbocycles. The Hall–Kier alpha value is -3.59. The van der Waals surface area contributed by atoms with Crippen LogP contribution in [0.25, 0.3) is 0 Å². The van der Waals surface area contributed by atoms with Crippen LogP contribution in [0.4, 0.5) is 0 Å². The topological polar surface area (TPSA) is 109 Å². The molecule has 0 aromatic heterocycles. The number of hydrogen-bond donors (Lipinski definition) is 3. The number of rotatable bonds is 4. The summed E-state index contributed by atoms with van der Waals surface area (Å²) in [6.07, 6.45) is 0. The molecule has 0 aliphatic carbocycles. The number of nitrogens with two attached hydrogens (primary N) is 1.